The summed E-state index contributed by atoms with van der Waals surface area (Å²) in [6.07, 6.45) is 1.51. The number of aliphatic hydroxyl groups is 1. The fraction of sp³-hybridized carbons (Fsp3) is 0.312. The molecule has 6 heteroatoms. The number of halogens is 2. The fourth-order valence-corrected chi connectivity index (χ4v) is 2.02. The van der Waals surface area contributed by atoms with E-state index in [1.54, 1.807) is 12.1 Å². The quantitative estimate of drug-likeness (QED) is 0.862. The Balaban J connectivity index is 1.85. The first-order valence-electron chi connectivity index (χ1n) is 6.86. The van der Waals surface area contributed by atoms with Crippen LogP contribution in [0.15, 0.2) is 41.0 Å². The van der Waals surface area contributed by atoms with E-state index in [1.165, 1.54) is 25.3 Å². The molecule has 0 aliphatic carbocycles. The summed E-state index contributed by atoms with van der Waals surface area (Å²) in [6.45, 7) is 1.48. The first-order valence-corrected chi connectivity index (χ1v) is 6.86. The summed E-state index contributed by atoms with van der Waals surface area (Å²) in [6, 6.07) is 7.10. The van der Waals surface area contributed by atoms with E-state index >= 15 is 0 Å². The van der Waals surface area contributed by atoms with Gasteiger partial charge in [0.15, 0.2) is 11.6 Å². The molecule has 1 unspecified atom stereocenters. The first-order chi connectivity index (χ1) is 10.4. The largest absolute Gasteiger partial charge is 0.466 e. The molecule has 0 aliphatic rings. The van der Waals surface area contributed by atoms with E-state index < -0.39 is 17.2 Å². The molecule has 1 aromatic carbocycles. The number of aryl methyl sites for hydroxylation is 1. The Bertz CT molecular complexity index is 639. The van der Waals surface area contributed by atoms with Gasteiger partial charge in [-0.25, -0.2) is 8.78 Å². The molecular formula is C16H17F2NO3. The molecule has 2 rings (SSSR count). The molecule has 118 valence electrons. The topological polar surface area (TPSA) is 62.5 Å². The number of hydrogen-bond acceptors (Lipinski definition) is 3. The highest BCUT2D eigenvalue weighted by Gasteiger charge is 2.26. The molecule has 0 saturated carbocycles. The highest BCUT2D eigenvalue weighted by Crippen LogP contribution is 2.20. The molecule has 1 atom stereocenters. The Morgan fingerprint density at radius 3 is 2.77 bits per heavy atom. The molecule has 1 heterocycles. The van der Waals surface area contributed by atoms with Crippen LogP contribution in [0.5, 0.6) is 0 Å². The molecular weight excluding hydrogens is 292 g/mol. The van der Waals surface area contributed by atoms with E-state index in [4.69, 9.17) is 4.42 Å². The second-order valence-electron chi connectivity index (χ2n) is 5.24. The zero-order valence-corrected chi connectivity index (χ0v) is 12.1. The van der Waals surface area contributed by atoms with Crippen LogP contribution in [-0.4, -0.2) is 17.6 Å². The molecule has 1 amide bonds. The number of furan rings is 1. The number of carbonyl (C=O) groups excluding carboxylic acids is 1. The van der Waals surface area contributed by atoms with E-state index in [-0.39, 0.29) is 30.9 Å². The lowest BCUT2D eigenvalue weighted by molar-refractivity contribution is -0.122. The highest BCUT2D eigenvalue weighted by atomic mass is 19.2. The molecule has 0 spiro atoms. The van der Waals surface area contributed by atoms with Gasteiger partial charge in [0.1, 0.15) is 11.4 Å². The van der Waals surface area contributed by atoms with Crippen molar-refractivity contribution in [3.05, 3.63) is 59.6 Å². The summed E-state index contributed by atoms with van der Waals surface area (Å²) in [7, 11) is 0. The van der Waals surface area contributed by atoms with Crippen LogP contribution >= 0.6 is 0 Å². The Labute approximate surface area is 126 Å². The number of carbonyl (C=O) groups is 1. The Kier molecular flexibility index (Phi) is 4.92. The summed E-state index contributed by atoms with van der Waals surface area (Å²) in [5.74, 6) is -1.89. The van der Waals surface area contributed by atoms with Gasteiger partial charge in [0.05, 0.1) is 12.8 Å². The predicted molar refractivity (Wildman–Crippen MR) is 76.0 cm³/mol. The number of rotatable bonds is 6. The molecule has 0 fully saturated rings. The third kappa shape index (κ3) is 3.92. The summed E-state index contributed by atoms with van der Waals surface area (Å²) in [5.41, 5.74) is -1.18. The van der Waals surface area contributed by atoms with Crippen molar-refractivity contribution in [2.45, 2.75) is 25.4 Å². The van der Waals surface area contributed by atoms with Crippen molar-refractivity contribution in [1.82, 2.24) is 5.32 Å². The van der Waals surface area contributed by atoms with E-state index in [2.05, 4.69) is 5.32 Å². The number of hydrogen-bond donors (Lipinski definition) is 2. The molecule has 0 aliphatic heterocycles. The molecule has 2 N–H and O–H groups in total. The van der Waals surface area contributed by atoms with Crippen LogP contribution in [0.25, 0.3) is 0 Å². The Morgan fingerprint density at radius 1 is 1.32 bits per heavy atom. The van der Waals surface area contributed by atoms with E-state index in [1.807, 2.05) is 0 Å². The van der Waals surface area contributed by atoms with Gasteiger partial charge in [-0.2, -0.15) is 0 Å². The minimum atomic E-state index is -1.33. The highest BCUT2D eigenvalue weighted by molar-refractivity contribution is 5.76. The zero-order valence-electron chi connectivity index (χ0n) is 12.1. The fourth-order valence-electron chi connectivity index (χ4n) is 2.02. The number of nitrogens with one attached hydrogen (secondary N) is 1. The second kappa shape index (κ2) is 6.70. The van der Waals surface area contributed by atoms with Gasteiger partial charge in [-0.05, 0) is 37.1 Å². The summed E-state index contributed by atoms with van der Waals surface area (Å²) < 4.78 is 31.6. The number of amides is 1. The van der Waals surface area contributed by atoms with Gasteiger partial charge < -0.3 is 14.8 Å². The SMILES string of the molecule is CC(O)(CNC(=O)CCc1cccc(F)c1F)c1ccco1. The van der Waals surface area contributed by atoms with Crippen molar-refractivity contribution >= 4 is 5.91 Å². The van der Waals surface area contributed by atoms with E-state index in [0.717, 1.165) is 6.07 Å². The molecule has 0 bridgehead atoms. The van der Waals surface area contributed by atoms with Gasteiger partial charge >= 0.3 is 0 Å². The molecule has 4 nitrogen and oxygen atoms in total. The lowest BCUT2D eigenvalue weighted by Crippen LogP contribution is -2.38. The van der Waals surface area contributed by atoms with Gasteiger partial charge in [-0.1, -0.05) is 12.1 Å². The second-order valence-corrected chi connectivity index (χ2v) is 5.24. The minimum Gasteiger partial charge on any atom is -0.466 e. The van der Waals surface area contributed by atoms with Crippen LogP contribution in [0.3, 0.4) is 0 Å². The van der Waals surface area contributed by atoms with Gasteiger partial charge in [0, 0.05) is 6.42 Å². The normalized spacial score (nSPS) is 13.6. The average molecular weight is 309 g/mol. The van der Waals surface area contributed by atoms with Gasteiger partial charge in [-0.3, -0.25) is 4.79 Å². The van der Waals surface area contributed by atoms with Crippen LogP contribution in [-0.2, 0) is 16.8 Å². The average Bonchev–Trinajstić information content (AvgIpc) is 3.02. The third-order valence-corrected chi connectivity index (χ3v) is 3.33. The Hall–Kier alpha value is -2.21. The Morgan fingerprint density at radius 2 is 2.09 bits per heavy atom. The van der Waals surface area contributed by atoms with Crippen molar-refractivity contribution in [1.29, 1.82) is 0 Å². The lowest BCUT2D eigenvalue weighted by Gasteiger charge is -2.21. The van der Waals surface area contributed by atoms with Crippen molar-refractivity contribution < 1.29 is 23.1 Å². The zero-order chi connectivity index (χ0) is 16.2. The smallest absolute Gasteiger partial charge is 0.220 e. The summed E-state index contributed by atoms with van der Waals surface area (Å²) in [4.78, 5) is 11.8. The predicted octanol–water partition coefficient (Wildman–Crippen LogP) is 2.51. The van der Waals surface area contributed by atoms with Crippen molar-refractivity contribution in [3.8, 4) is 0 Å². The van der Waals surface area contributed by atoms with Gasteiger partial charge in [0.2, 0.25) is 5.91 Å². The maximum Gasteiger partial charge on any atom is 0.220 e. The van der Waals surface area contributed by atoms with Crippen molar-refractivity contribution in [2.75, 3.05) is 6.54 Å². The van der Waals surface area contributed by atoms with Crippen LogP contribution in [0.2, 0.25) is 0 Å². The van der Waals surface area contributed by atoms with Crippen molar-refractivity contribution in [3.63, 3.8) is 0 Å². The van der Waals surface area contributed by atoms with Crippen molar-refractivity contribution in [2.24, 2.45) is 0 Å². The van der Waals surface area contributed by atoms with Crippen LogP contribution in [0.1, 0.15) is 24.7 Å². The third-order valence-electron chi connectivity index (χ3n) is 3.33. The maximum atomic E-state index is 13.5. The number of benzene rings is 1. The maximum absolute atomic E-state index is 13.5. The van der Waals surface area contributed by atoms with Gasteiger partial charge in [0.25, 0.3) is 0 Å². The first kappa shape index (κ1) is 16.2. The molecule has 0 radical (unpaired) electrons. The molecule has 0 saturated heterocycles. The summed E-state index contributed by atoms with van der Waals surface area (Å²) in [5, 5.41) is 12.7. The molecule has 1 aromatic heterocycles. The minimum absolute atomic E-state index is 0.00535. The van der Waals surface area contributed by atoms with E-state index in [9.17, 15) is 18.7 Å². The monoisotopic (exact) mass is 309 g/mol. The van der Waals surface area contributed by atoms with Crippen LogP contribution in [0.4, 0.5) is 8.78 Å². The standard InChI is InChI=1S/C16H17F2NO3/c1-16(21,13-6-3-9-22-13)10-19-14(20)8-7-11-4-2-5-12(17)15(11)18/h2-6,9,21H,7-8,10H2,1H3,(H,19,20). The summed E-state index contributed by atoms with van der Waals surface area (Å²) >= 11 is 0. The van der Waals surface area contributed by atoms with Crippen LogP contribution < -0.4 is 5.32 Å². The van der Waals surface area contributed by atoms with Gasteiger partial charge in [-0.15, -0.1) is 0 Å². The van der Waals surface area contributed by atoms with Crippen LogP contribution in [0, 0.1) is 11.6 Å². The lowest BCUT2D eigenvalue weighted by atomic mass is 10.0. The molecule has 2 aromatic rings. The molecule has 22 heavy (non-hydrogen) atoms. The van der Waals surface area contributed by atoms with E-state index in [0.29, 0.717) is 5.76 Å².